The molecule has 0 radical (unpaired) electrons. The average Bonchev–Trinajstić information content (AvgIpc) is 2.62. The van der Waals surface area contributed by atoms with Gasteiger partial charge < -0.3 is 24.3 Å². The molecule has 8 heteroatoms. The fourth-order valence-electron chi connectivity index (χ4n) is 2.40. The lowest BCUT2D eigenvalue weighted by atomic mass is 10.2. The Balaban J connectivity index is 2.12. The lowest BCUT2D eigenvalue weighted by Crippen LogP contribution is -1.98. The minimum atomic E-state index is -0.574. The number of rotatable bonds is 5. The number of nitro groups is 1. The van der Waals surface area contributed by atoms with Gasteiger partial charge in [-0.25, -0.2) is 0 Å². The van der Waals surface area contributed by atoms with Crippen molar-refractivity contribution < 1.29 is 19.1 Å². The number of pyridine rings is 2. The molecule has 0 spiro atoms. The van der Waals surface area contributed by atoms with Crippen LogP contribution in [-0.2, 0) is 0 Å². The van der Waals surface area contributed by atoms with Crippen LogP contribution in [0.4, 0.5) is 5.82 Å². The smallest absolute Gasteiger partial charge is 0.407 e. The Morgan fingerprint density at radius 1 is 1.00 bits per heavy atom. The maximum absolute atomic E-state index is 11.2. The number of nitrogens with zero attached hydrogens (tertiary/aromatic N) is 3. The van der Waals surface area contributed by atoms with Gasteiger partial charge >= 0.3 is 5.82 Å². The van der Waals surface area contributed by atoms with Crippen LogP contribution in [0, 0.1) is 17.0 Å². The number of aromatic nitrogens is 2. The molecule has 0 amide bonds. The molecule has 0 saturated heterocycles. The van der Waals surface area contributed by atoms with Crippen molar-refractivity contribution in [2.75, 3.05) is 14.2 Å². The average molecular weight is 341 g/mol. The van der Waals surface area contributed by atoms with Crippen LogP contribution in [0.15, 0.2) is 36.5 Å². The fourth-order valence-corrected chi connectivity index (χ4v) is 2.40. The van der Waals surface area contributed by atoms with Gasteiger partial charge in [-0.1, -0.05) is 0 Å². The third-order valence-electron chi connectivity index (χ3n) is 3.58. The SMILES string of the molecule is COc1cc2nccc(Oc3ccc(C)nc3[N+](=O)[O-])c2cc1OC. The quantitative estimate of drug-likeness (QED) is 0.516. The molecule has 0 atom stereocenters. The van der Waals surface area contributed by atoms with Gasteiger partial charge in [-0.05, 0) is 34.2 Å². The number of benzene rings is 1. The van der Waals surface area contributed by atoms with Crippen molar-refractivity contribution >= 4 is 16.7 Å². The van der Waals surface area contributed by atoms with Crippen LogP contribution in [-0.4, -0.2) is 29.1 Å². The van der Waals surface area contributed by atoms with Gasteiger partial charge in [0.05, 0.1) is 19.7 Å². The first-order chi connectivity index (χ1) is 12.0. The molecular weight excluding hydrogens is 326 g/mol. The number of methoxy groups -OCH3 is 2. The van der Waals surface area contributed by atoms with E-state index in [9.17, 15) is 10.1 Å². The second kappa shape index (κ2) is 6.60. The van der Waals surface area contributed by atoms with E-state index in [0.717, 1.165) is 0 Å². The van der Waals surface area contributed by atoms with Crippen LogP contribution in [0.2, 0.25) is 0 Å². The van der Waals surface area contributed by atoms with Crippen molar-refractivity contribution in [3.8, 4) is 23.0 Å². The second-order valence-corrected chi connectivity index (χ2v) is 5.17. The molecule has 3 aromatic rings. The highest BCUT2D eigenvalue weighted by Gasteiger charge is 2.20. The van der Waals surface area contributed by atoms with Crippen molar-refractivity contribution in [3.05, 3.63) is 52.3 Å². The molecule has 0 aliphatic carbocycles. The van der Waals surface area contributed by atoms with E-state index in [2.05, 4.69) is 9.97 Å². The van der Waals surface area contributed by atoms with Gasteiger partial charge in [0.1, 0.15) is 11.4 Å². The molecule has 0 aliphatic heterocycles. The van der Waals surface area contributed by atoms with E-state index in [1.807, 2.05) is 0 Å². The van der Waals surface area contributed by atoms with Crippen molar-refractivity contribution in [2.24, 2.45) is 0 Å². The molecular formula is C17H15N3O5. The van der Waals surface area contributed by atoms with Gasteiger partial charge in [0.25, 0.3) is 0 Å². The molecule has 0 aliphatic rings. The van der Waals surface area contributed by atoms with E-state index in [-0.39, 0.29) is 11.6 Å². The van der Waals surface area contributed by atoms with E-state index in [4.69, 9.17) is 14.2 Å². The van der Waals surface area contributed by atoms with E-state index in [1.54, 1.807) is 37.4 Å². The topological polar surface area (TPSA) is 96.6 Å². The molecule has 8 nitrogen and oxygen atoms in total. The minimum Gasteiger partial charge on any atom is -0.493 e. The zero-order valence-electron chi connectivity index (χ0n) is 13.8. The molecule has 128 valence electrons. The fraction of sp³-hybridized carbons (Fsp3) is 0.176. The summed E-state index contributed by atoms with van der Waals surface area (Å²) in [6.07, 6.45) is 1.55. The molecule has 2 heterocycles. The summed E-state index contributed by atoms with van der Waals surface area (Å²) in [7, 11) is 3.06. The summed E-state index contributed by atoms with van der Waals surface area (Å²) >= 11 is 0. The number of aryl methyl sites for hydroxylation is 1. The zero-order chi connectivity index (χ0) is 18.0. The van der Waals surface area contributed by atoms with E-state index in [0.29, 0.717) is 33.8 Å². The standard InChI is InChI=1S/C17H15N3O5/c1-10-4-5-14(17(19-10)20(21)22)25-13-6-7-18-12-9-16(24-3)15(23-2)8-11(12)13/h4-9H,1-3H3. The number of ether oxygens (including phenoxy) is 3. The van der Waals surface area contributed by atoms with Gasteiger partial charge in [-0.2, -0.15) is 0 Å². The summed E-state index contributed by atoms with van der Waals surface area (Å²) in [6, 6.07) is 8.22. The van der Waals surface area contributed by atoms with Crippen molar-refractivity contribution in [3.63, 3.8) is 0 Å². The minimum absolute atomic E-state index is 0.0536. The monoisotopic (exact) mass is 341 g/mol. The second-order valence-electron chi connectivity index (χ2n) is 5.17. The van der Waals surface area contributed by atoms with Crippen LogP contribution < -0.4 is 14.2 Å². The number of hydrogen-bond donors (Lipinski definition) is 0. The first-order valence-electron chi connectivity index (χ1n) is 7.34. The number of fused-ring (bicyclic) bond motifs is 1. The Morgan fingerprint density at radius 3 is 2.40 bits per heavy atom. The van der Waals surface area contributed by atoms with Crippen LogP contribution in [0.3, 0.4) is 0 Å². The first-order valence-corrected chi connectivity index (χ1v) is 7.34. The van der Waals surface area contributed by atoms with Crippen molar-refractivity contribution in [2.45, 2.75) is 6.92 Å². The molecule has 25 heavy (non-hydrogen) atoms. The van der Waals surface area contributed by atoms with Crippen molar-refractivity contribution in [1.82, 2.24) is 9.97 Å². The third kappa shape index (κ3) is 3.14. The Kier molecular flexibility index (Phi) is 4.34. The first kappa shape index (κ1) is 16.4. The van der Waals surface area contributed by atoms with E-state index in [1.165, 1.54) is 20.3 Å². The lowest BCUT2D eigenvalue weighted by molar-refractivity contribution is -0.390. The Hall–Kier alpha value is -3.42. The predicted octanol–water partition coefficient (Wildman–Crippen LogP) is 3.66. The molecule has 3 rings (SSSR count). The van der Waals surface area contributed by atoms with Gasteiger partial charge in [0, 0.05) is 24.6 Å². The summed E-state index contributed by atoms with van der Waals surface area (Å²) in [4.78, 5) is 18.9. The predicted molar refractivity (Wildman–Crippen MR) is 90.5 cm³/mol. The Morgan fingerprint density at radius 2 is 1.72 bits per heavy atom. The summed E-state index contributed by atoms with van der Waals surface area (Å²) in [5.41, 5.74) is 1.14. The maximum atomic E-state index is 11.2. The summed E-state index contributed by atoms with van der Waals surface area (Å²) < 4.78 is 16.3. The van der Waals surface area contributed by atoms with Crippen LogP contribution >= 0.6 is 0 Å². The maximum Gasteiger partial charge on any atom is 0.407 e. The third-order valence-corrected chi connectivity index (χ3v) is 3.58. The molecule has 0 unspecified atom stereocenters. The molecule has 0 bridgehead atoms. The van der Waals surface area contributed by atoms with Crippen LogP contribution in [0.1, 0.15) is 5.69 Å². The largest absolute Gasteiger partial charge is 0.493 e. The Bertz CT molecular complexity index is 958. The summed E-state index contributed by atoms with van der Waals surface area (Å²) in [5.74, 6) is 1.15. The van der Waals surface area contributed by atoms with Gasteiger partial charge in [0.15, 0.2) is 11.5 Å². The molecule has 0 saturated carbocycles. The molecule has 1 aromatic carbocycles. The highest BCUT2D eigenvalue weighted by molar-refractivity contribution is 5.88. The molecule has 0 N–H and O–H groups in total. The molecule has 0 fully saturated rings. The van der Waals surface area contributed by atoms with Crippen LogP contribution in [0.5, 0.6) is 23.0 Å². The van der Waals surface area contributed by atoms with E-state index < -0.39 is 4.92 Å². The van der Waals surface area contributed by atoms with Crippen molar-refractivity contribution in [1.29, 1.82) is 0 Å². The van der Waals surface area contributed by atoms with Gasteiger partial charge in [-0.15, -0.1) is 0 Å². The summed E-state index contributed by atoms with van der Waals surface area (Å²) in [6.45, 7) is 1.68. The van der Waals surface area contributed by atoms with Gasteiger partial charge in [0.2, 0.25) is 5.75 Å². The molecule has 2 aromatic heterocycles. The lowest BCUT2D eigenvalue weighted by Gasteiger charge is -2.12. The van der Waals surface area contributed by atoms with E-state index >= 15 is 0 Å². The highest BCUT2D eigenvalue weighted by atomic mass is 16.6. The van der Waals surface area contributed by atoms with Crippen LogP contribution in [0.25, 0.3) is 10.9 Å². The Labute approximate surface area is 143 Å². The highest BCUT2D eigenvalue weighted by Crippen LogP contribution is 2.38. The number of hydrogen-bond acceptors (Lipinski definition) is 7. The van der Waals surface area contributed by atoms with Gasteiger partial charge in [-0.3, -0.25) is 4.98 Å². The summed E-state index contributed by atoms with van der Waals surface area (Å²) in [5, 5.41) is 11.9. The normalized spacial score (nSPS) is 10.5. The zero-order valence-corrected chi connectivity index (χ0v) is 13.8.